The molecule has 0 spiro atoms. The highest BCUT2D eigenvalue weighted by Gasteiger charge is 2.24. The topological polar surface area (TPSA) is 49.3 Å². The molecule has 2 heterocycles. The van der Waals surface area contributed by atoms with Crippen molar-refractivity contribution < 1.29 is 4.79 Å². The predicted octanol–water partition coefficient (Wildman–Crippen LogP) is 2.51. The van der Waals surface area contributed by atoms with Crippen molar-refractivity contribution in [2.75, 3.05) is 25.0 Å². The van der Waals surface area contributed by atoms with Gasteiger partial charge in [0.2, 0.25) is 5.91 Å². The Morgan fingerprint density at radius 1 is 1.21 bits per heavy atom. The molecular formula is C19H24N4O. The minimum atomic E-state index is 0.139. The van der Waals surface area contributed by atoms with Crippen LogP contribution in [0.4, 0.5) is 5.82 Å². The van der Waals surface area contributed by atoms with Crippen molar-refractivity contribution in [3.05, 3.63) is 54.0 Å². The van der Waals surface area contributed by atoms with Gasteiger partial charge >= 0.3 is 0 Å². The first kappa shape index (κ1) is 16.4. The lowest BCUT2D eigenvalue weighted by Crippen LogP contribution is -2.45. The maximum Gasteiger partial charge on any atom is 0.219 e. The molecule has 1 aromatic carbocycles. The molecule has 1 amide bonds. The lowest BCUT2D eigenvalue weighted by molar-refractivity contribution is -0.129. The zero-order valence-corrected chi connectivity index (χ0v) is 14.4. The monoisotopic (exact) mass is 324 g/mol. The molecule has 1 aromatic heterocycles. The molecule has 0 N–H and O–H groups in total. The van der Waals surface area contributed by atoms with E-state index < -0.39 is 0 Å². The molecule has 1 fully saturated rings. The van der Waals surface area contributed by atoms with Crippen molar-refractivity contribution in [1.82, 2.24) is 14.9 Å². The average Bonchev–Trinajstić information content (AvgIpc) is 2.62. The van der Waals surface area contributed by atoms with E-state index in [0.29, 0.717) is 6.04 Å². The van der Waals surface area contributed by atoms with E-state index in [-0.39, 0.29) is 5.91 Å². The largest absolute Gasteiger partial charge is 0.356 e. The van der Waals surface area contributed by atoms with Gasteiger partial charge in [0.15, 0.2) is 0 Å². The number of piperidine rings is 1. The van der Waals surface area contributed by atoms with Crippen molar-refractivity contribution in [2.45, 2.75) is 32.2 Å². The van der Waals surface area contributed by atoms with E-state index in [1.54, 1.807) is 6.92 Å². The van der Waals surface area contributed by atoms with E-state index in [1.165, 1.54) is 5.56 Å². The summed E-state index contributed by atoms with van der Waals surface area (Å²) in [5, 5.41) is 0. The van der Waals surface area contributed by atoms with Crippen LogP contribution in [0.5, 0.6) is 0 Å². The Morgan fingerprint density at radius 3 is 2.58 bits per heavy atom. The zero-order chi connectivity index (χ0) is 16.9. The van der Waals surface area contributed by atoms with Crippen molar-refractivity contribution in [3.8, 4) is 0 Å². The summed E-state index contributed by atoms with van der Waals surface area (Å²) >= 11 is 0. The SMILES string of the molecule is CC(=O)N(C)C1CCN(c2ccnc(Cc3ccccc3)n2)CC1. The standard InChI is InChI=1S/C19H24N4O/c1-15(24)22(2)17-9-12-23(13-10-17)19-8-11-20-18(21-19)14-16-6-4-3-5-7-16/h3-8,11,17H,9-10,12-14H2,1-2H3. The summed E-state index contributed by atoms with van der Waals surface area (Å²) in [7, 11) is 1.89. The van der Waals surface area contributed by atoms with Crippen LogP contribution in [0.25, 0.3) is 0 Å². The number of amides is 1. The Labute approximate surface area is 143 Å². The molecule has 1 aliphatic rings. The molecule has 0 saturated carbocycles. The Hall–Kier alpha value is -2.43. The van der Waals surface area contributed by atoms with E-state index in [2.05, 4.69) is 22.0 Å². The highest BCUT2D eigenvalue weighted by atomic mass is 16.2. The van der Waals surface area contributed by atoms with Crippen LogP contribution in [0, 0.1) is 0 Å². The normalized spacial score (nSPS) is 15.3. The van der Waals surface area contributed by atoms with Crippen molar-refractivity contribution >= 4 is 11.7 Å². The van der Waals surface area contributed by atoms with Crippen LogP contribution in [0.2, 0.25) is 0 Å². The maximum absolute atomic E-state index is 11.5. The van der Waals surface area contributed by atoms with Gasteiger partial charge in [-0.25, -0.2) is 9.97 Å². The number of rotatable bonds is 4. The maximum atomic E-state index is 11.5. The van der Waals surface area contributed by atoms with Gasteiger partial charge in [-0.3, -0.25) is 4.79 Å². The number of carbonyl (C=O) groups excluding carboxylic acids is 1. The van der Waals surface area contributed by atoms with Gasteiger partial charge in [0.05, 0.1) is 0 Å². The molecule has 2 aromatic rings. The van der Waals surface area contributed by atoms with E-state index >= 15 is 0 Å². The number of benzene rings is 1. The summed E-state index contributed by atoms with van der Waals surface area (Å²) in [6.45, 7) is 3.47. The molecule has 0 bridgehead atoms. The third-order valence-electron chi connectivity index (χ3n) is 4.73. The molecule has 3 rings (SSSR count). The molecule has 0 aliphatic carbocycles. The summed E-state index contributed by atoms with van der Waals surface area (Å²) in [5.74, 6) is 1.97. The zero-order valence-electron chi connectivity index (χ0n) is 14.4. The molecule has 5 heteroatoms. The fourth-order valence-electron chi connectivity index (χ4n) is 3.17. The lowest BCUT2D eigenvalue weighted by atomic mass is 10.0. The molecule has 1 aliphatic heterocycles. The Morgan fingerprint density at radius 2 is 1.92 bits per heavy atom. The van der Waals surface area contributed by atoms with Crippen molar-refractivity contribution in [3.63, 3.8) is 0 Å². The molecule has 126 valence electrons. The van der Waals surface area contributed by atoms with Gasteiger partial charge in [0.25, 0.3) is 0 Å². The van der Waals surface area contributed by atoms with Crippen LogP contribution in [0.3, 0.4) is 0 Å². The minimum Gasteiger partial charge on any atom is -0.356 e. The van der Waals surface area contributed by atoms with E-state index in [4.69, 9.17) is 4.98 Å². The molecule has 5 nitrogen and oxygen atoms in total. The molecule has 1 saturated heterocycles. The Balaban J connectivity index is 1.64. The van der Waals surface area contributed by atoms with Gasteiger partial charge in [0, 0.05) is 45.7 Å². The second kappa shape index (κ2) is 7.43. The Bertz CT molecular complexity index is 681. The molecule has 24 heavy (non-hydrogen) atoms. The first-order valence-electron chi connectivity index (χ1n) is 8.47. The van der Waals surface area contributed by atoms with Gasteiger partial charge < -0.3 is 9.80 Å². The fourth-order valence-corrected chi connectivity index (χ4v) is 3.17. The second-order valence-corrected chi connectivity index (χ2v) is 6.34. The summed E-state index contributed by atoms with van der Waals surface area (Å²) < 4.78 is 0. The molecule has 0 unspecified atom stereocenters. The number of nitrogens with zero attached hydrogens (tertiary/aromatic N) is 4. The minimum absolute atomic E-state index is 0.139. The van der Waals surface area contributed by atoms with Gasteiger partial charge in [0.1, 0.15) is 11.6 Å². The van der Waals surface area contributed by atoms with E-state index in [0.717, 1.165) is 44.0 Å². The summed E-state index contributed by atoms with van der Waals surface area (Å²) in [4.78, 5) is 24.8. The number of anilines is 1. The molecular weight excluding hydrogens is 300 g/mol. The third kappa shape index (κ3) is 3.91. The second-order valence-electron chi connectivity index (χ2n) is 6.34. The first-order valence-corrected chi connectivity index (χ1v) is 8.47. The number of aromatic nitrogens is 2. The predicted molar refractivity (Wildman–Crippen MR) is 95.0 cm³/mol. The smallest absolute Gasteiger partial charge is 0.219 e. The van der Waals surface area contributed by atoms with Gasteiger partial charge in [-0.2, -0.15) is 0 Å². The van der Waals surface area contributed by atoms with Crippen LogP contribution in [-0.2, 0) is 11.2 Å². The fraction of sp³-hybridized carbons (Fsp3) is 0.421. The summed E-state index contributed by atoms with van der Waals surface area (Å²) in [5.41, 5.74) is 1.22. The highest BCUT2D eigenvalue weighted by Crippen LogP contribution is 2.21. The van der Waals surface area contributed by atoms with Gasteiger partial charge in [-0.15, -0.1) is 0 Å². The summed E-state index contributed by atoms with van der Waals surface area (Å²) in [6, 6.07) is 12.6. The quantitative estimate of drug-likeness (QED) is 0.867. The third-order valence-corrected chi connectivity index (χ3v) is 4.73. The summed E-state index contributed by atoms with van der Waals surface area (Å²) in [6.07, 6.45) is 4.55. The molecule has 0 radical (unpaired) electrons. The van der Waals surface area contributed by atoms with Crippen LogP contribution < -0.4 is 4.90 Å². The molecule has 0 atom stereocenters. The van der Waals surface area contributed by atoms with Gasteiger partial charge in [-0.1, -0.05) is 30.3 Å². The number of hydrogen-bond acceptors (Lipinski definition) is 4. The lowest BCUT2D eigenvalue weighted by Gasteiger charge is -2.37. The van der Waals surface area contributed by atoms with Crippen LogP contribution >= 0.6 is 0 Å². The highest BCUT2D eigenvalue weighted by molar-refractivity contribution is 5.73. The Kier molecular flexibility index (Phi) is 5.08. The van der Waals surface area contributed by atoms with Gasteiger partial charge in [-0.05, 0) is 24.5 Å². The average molecular weight is 324 g/mol. The van der Waals surface area contributed by atoms with E-state index in [1.807, 2.05) is 42.4 Å². The number of carbonyl (C=O) groups is 1. The van der Waals surface area contributed by atoms with Crippen molar-refractivity contribution in [2.24, 2.45) is 0 Å². The van der Waals surface area contributed by atoms with Crippen molar-refractivity contribution in [1.29, 1.82) is 0 Å². The first-order chi connectivity index (χ1) is 11.6. The number of hydrogen-bond donors (Lipinski definition) is 0. The van der Waals surface area contributed by atoms with E-state index in [9.17, 15) is 4.79 Å². The van der Waals surface area contributed by atoms with Crippen LogP contribution in [0.1, 0.15) is 31.2 Å². The van der Waals surface area contributed by atoms with Crippen LogP contribution in [0.15, 0.2) is 42.6 Å². The van der Waals surface area contributed by atoms with Crippen LogP contribution in [-0.4, -0.2) is 47.0 Å².